The second-order valence-electron chi connectivity index (χ2n) is 4.15. The molecule has 1 fully saturated rings. The van der Waals surface area contributed by atoms with Crippen LogP contribution in [0.1, 0.15) is 47.5 Å². The Morgan fingerprint density at radius 3 is 2.44 bits per heavy atom. The third-order valence-electron chi connectivity index (χ3n) is 2.53. The zero-order chi connectivity index (χ0) is 12.8. The van der Waals surface area contributed by atoms with Crippen LogP contribution in [-0.4, -0.2) is 24.6 Å². The summed E-state index contributed by atoms with van der Waals surface area (Å²) in [5, 5.41) is 0. The van der Waals surface area contributed by atoms with Crippen LogP contribution in [0.5, 0.6) is 0 Å². The van der Waals surface area contributed by atoms with Crippen molar-refractivity contribution in [3.63, 3.8) is 0 Å². The molecule has 0 aromatic rings. The Kier molecular flexibility index (Phi) is 6.08. The molecule has 1 rings (SSSR count). The molecule has 1 saturated heterocycles. The summed E-state index contributed by atoms with van der Waals surface area (Å²) in [4.78, 5) is 22.3. The molecule has 0 spiro atoms. The van der Waals surface area contributed by atoms with E-state index in [0.717, 1.165) is 0 Å². The number of esters is 2. The molecular weight excluding hydrogens is 208 g/mol. The predicted octanol–water partition coefficient (Wildman–Crippen LogP) is 2.31. The molecule has 1 atom stereocenters. The number of carbonyl (C=O) groups is 2. The number of hydrogen-bond donors (Lipinski definition) is 0. The van der Waals surface area contributed by atoms with Crippen molar-refractivity contribution < 1.29 is 19.1 Å². The van der Waals surface area contributed by atoms with Gasteiger partial charge in [-0.05, 0) is 20.3 Å². The maximum absolute atomic E-state index is 11.6. The highest BCUT2D eigenvalue weighted by atomic mass is 16.6. The number of ether oxygens (including phenoxy) is 2. The molecule has 0 saturated carbocycles. The van der Waals surface area contributed by atoms with Crippen LogP contribution in [0.2, 0.25) is 0 Å². The standard InChI is InChI=1S/C10H16O4.C2H6/c1-4-10(2,3)9(12)14-7-5-8(11)13-6-7;1-2/h7H,4-6H2,1-3H3;1-2H3. The minimum Gasteiger partial charge on any atom is -0.462 e. The summed E-state index contributed by atoms with van der Waals surface area (Å²) in [5.41, 5.74) is -0.481. The van der Waals surface area contributed by atoms with Gasteiger partial charge in [0.2, 0.25) is 0 Å². The summed E-state index contributed by atoms with van der Waals surface area (Å²) in [6.45, 7) is 9.78. The number of hydrogen-bond acceptors (Lipinski definition) is 4. The summed E-state index contributed by atoms with van der Waals surface area (Å²) in [5.74, 6) is -0.555. The van der Waals surface area contributed by atoms with Gasteiger partial charge in [-0.2, -0.15) is 0 Å². The largest absolute Gasteiger partial charge is 0.462 e. The van der Waals surface area contributed by atoms with Gasteiger partial charge in [0.05, 0.1) is 11.8 Å². The Morgan fingerprint density at radius 2 is 2.06 bits per heavy atom. The Bertz CT molecular complexity index is 245. The first-order valence-corrected chi connectivity index (χ1v) is 5.82. The molecule has 1 heterocycles. The van der Waals surface area contributed by atoms with Crippen LogP contribution in [0.3, 0.4) is 0 Å². The highest BCUT2D eigenvalue weighted by molar-refractivity contribution is 5.77. The molecule has 0 N–H and O–H groups in total. The van der Waals surface area contributed by atoms with Crippen molar-refractivity contribution >= 4 is 11.9 Å². The van der Waals surface area contributed by atoms with E-state index in [4.69, 9.17) is 9.47 Å². The molecule has 0 radical (unpaired) electrons. The van der Waals surface area contributed by atoms with Gasteiger partial charge < -0.3 is 9.47 Å². The Labute approximate surface area is 97.3 Å². The molecule has 0 aromatic carbocycles. The Balaban J connectivity index is 0.00000106. The quantitative estimate of drug-likeness (QED) is 0.698. The van der Waals surface area contributed by atoms with E-state index in [1.54, 1.807) is 0 Å². The molecule has 1 aliphatic rings. The minimum atomic E-state index is -0.481. The van der Waals surface area contributed by atoms with Gasteiger partial charge in [0.1, 0.15) is 12.7 Å². The van der Waals surface area contributed by atoms with Crippen LogP contribution < -0.4 is 0 Å². The molecule has 0 bridgehead atoms. The van der Waals surface area contributed by atoms with Crippen molar-refractivity contribution in [2.75, 3.05) is 6.61 Å². The number of cyclic esters (lactones) is 1. The van der Waals surface area contributed by atoms with Gasteiger partial charge in [0.15, 0.2) is 0 Å². The van der Waals surface area contributed by atoms with Crippen LogP contribution in [0.15, 0.2) is 0 Å². The molecule has 0 amide bonds. The smallest absolute Gasteiger partial charge is 0.311 e. The highest BCUT2D eigenvalue weighted by Gasteiger charge is 2.33. The summed E-state index contributed by atoms with van der Waals surface area (Å²) >= 11 is 0. The molecule has 1 aliphatic heterocycles. The van der Waals surface area contributed by atoms with Gasteiger partial charge in [-0.25, -0.2) is 0 Å². The van der Waals surface area contributed by atoms with Crippen LogP contribution in [0, 0.1) is 5.41 Å². The molecule has 16 heavy (non-hydrogen) atoms. The van der Waals surface area contributed by atoms with Gasteiger partial charge >= 0.3 is 11.9 Å². The van der Waals surface area contributed by atoms with Crippen molar-refractivity contribution in [1.29, 1.82) is 0 Å². The monoisotopic (exact) mass is 230 g/mol. The van der Waals surface area contributed by atoms with Crippen LogP contribution >= 0.6 is 0 Å². The van der Waals surface area contributed by atoms with E-state index in [9.17, 15) is 9.59 Å². The van der Waals surface area contributed by atoms with Gasteiger partial charge in [0, 0.05) is 0 Å². The minimum absolute atomic E-state index is 0.186. The normalized spacial score (nSPS) is 19.6. The molecule has 0 aliphatic carbocycles. The molecule has 0 aromatic heterocycles. The van der Waals surface area contributed by atoms with Crippen molar-refractivity contribution in [3.05, 3.63) is 0 Å². The summed E-state index contributed by atoms with van der Waals surface area (Å²) in [7, 11) is 0. The Morgan fingerprint density at radius 1 is 1.50 bits per heavy atom. The molecule has 1 unspecified atom stereocenters. The first-order chi connectivity index (χ1) is 7.45. The third-order valence-corrected chi connectivity index (χ3v) is 2.53. The number of rotatable bonds is 3. The zero-order valence-electron chi connectivity index (χ0n) is 10.8. The van der Waals surface area contributed by atoms with E-state index < -0.39 is 5.41 Å². The molecular formula is C12H22O4. The lowest BCUT2D eigenvalue weighted by Gasteiger charge is -2.22. The molecule has 4 heteroatoms. The van der Waals surface area contributed by atoms with Crippen LogP contribution in [0.4, 0.5) is 0 Å². The first kappa shape index (κ1) is 14.9. The number of carbonyl (C=O) groups excluding carboxylic acids is 2. The van der Waals surface area contributed by atoms with Gasteiger partial charge in [-0.1, -0.05) is 20.8 Å². The predicted molar refractivity (Wildman–Crippen MR) is 60.9 cm³/mol. The lowest BCUT2D eigenvalue weighted by Crippen LogP contribution is -2.30. The highest BCUT2D eigenvalue weighted by Crippen LogP contribution is 2.23. The van der Waals surface area contributed by atoms with Gasteiger partial charge in [-0.3, -0.25) is 9.59 Å². The fraction of sp³-hybridized carbons (Fsp3) is 0.833. The lowest BCUT2D eigenvalue weighted by molar-refractivity contribution is -0.159. The summed E-state index contributed by atoms with van der Waals surface area (Å²) < 4.78 is 9.85. The zero-order valence-corrected chi connectivity index (χ0v) is 10.8. The SMILES string of the molecule is CC.CCC(C)(C)C(=O)OC1COC(=O)C1. The maximum Gasteiger partial charge on any atom is 0.311 e. The van der Waals surface area contributed by atoms with Gasteiger partial charge in [-0.15, -0.1) is 0 Å². The summed E-state index contributed by atoms with van der Waals surface area (Å²) in [6, 6.07) is 0. The topological polar surface area (TPSA) is 52.6 Å². The summed E-state index contributed by atoms with van der Waals surface area (Å²) in [6.07, 6.45) is 0.514. The molecule has 4 nitrogen and oxygen atoms in total. The van der Waals surface area contributed by atoms with E-state index in [0.29, 0.717) is 6.42 Å². The van der Waals surface area contributed by atoms with E-state index >= 15 is 0 Å². The molecule has 94 valence electrons. The average molecular weight is 230 g/mol. The maximum atomic E-state index is 11.6. The van der Waals surface area contributed by atoms with Crippen molar-refractivity contribution in [2.45, 2.75) is 53.6 Å². The van der Waals surface area contributed by atoms with E-state index in [1.165, 1.54) is 0 Å². The van der Waals surface area contributed by atoms with Gasteiger partial charge in [0.25, 0.3) is 0 Å². The second-order valence-corrected chi connectivity index (χ2v) is 4.15. The Hall–Kier alpha value is -1.06. The van der Waals surface area contributed by atoms with Crippen LogP contribution in [0.25, 0.3) is 0 Å². The van der Waals surface area contributed by atoms with Crippen LogP contribution in [-0.2, 0) is 19.1 Å². The van der Waals surface area contributed by atoms with Crippen molar-refractivity contribution in [1.82, 2.24) is 0 Å². The lowest BCUT2D eigenvalue weighted by atomic mass is 9.90. The van der Waals surface area contributed by atoms with E-state index in [2.05, 4.69) is 0 Å². The van der Waals surface area contributed by atoms with E-state index in [-0.39, 0.29) is 31.1 Å². The average Bonchev–Trinajstić information content (AvgIpc) is 2.67. The fourth-order valence-corrected chi connectivity index (χ4v) is 1.02. The first-order valence-electron chi connectivity index (χ1n) is 5.82. The van der Waals surface area contributed by atoms with E-state index in [1.807, 2.05) is 34.6 Å². The fourth-order valence-electron chi connectivity index (χ4n) is 1.02. The second kappa shape index (κ2) is 6.51. The van der Waals surface area contributed by atoms with Crippen molar-refractivity contribution in [3.8, 4) is 0 Å². The van der Waals surface area contributed by atoms with Crippen molar-refractivity contribution in [2.24, 2.45) is 5.41 Å². The third kappa shape index (κ3) is 4.21.